The molecule has 0 saturated carbocycles. The lowest BCUT2D eigenvalue weighted by atomic mass is 10.2. The monoisotopic (exact) mass is 491 g/mol. The molecule has 9 nitrogen and oxygen atoms in total. The fraction of sp³-hybridized carbons (Fsp3) is 0.650. The van der Waals surface area contributed by atoms with Crippen molar-refractivity contribution >= 4 is 14.2 Å². The number of amides is 1. The van der Waals surface area contributed by atoms with Crippen molar-refractivity contribution in [2.75, 3.05) is 13.2 Å². The van der Waals surface area contributed by atoms with Gasteiger partial charge in [0.15, 0.2) is 8.32 Å². The maximum atomic E-state index is 12.3. The number of hydrogen-bond donors (Lipinski definition) is 3. The number of ether oxygens (including phenoxy) is 1. The van der Waals surface area contributed by atoms with Crippen LogP contribution < -0.4 is 16.6 Å². The van der Waals surface area contributed by atoms with Crippen LogP contribution in [0.2, 0.25) is 18.1 Å². The van der Waals surface area contributed by atoms with E-state index in [-0.39, 0.29) is 23.6 Å². The van der Waals surface area contributed by atoms with Gasteiger partial charge in [-0.15, -0.1) is 0 Å². The highest BCUT2D eigenvalue weighted by Crippen LogP contribution is 2.37. The van der Waals surface area contributed by atoms with Crippen molar-refractivity contribution in [1.82, 2.24) is 14.9 Å². The summed E-state index contributed by atoms with van der Waals surface area (Å²) in [6.45, 7) is 9.82. The minimum atomic E-state index is -5.04. The number of halogens is 3. The molecule has 13 heteroatoms. The molecule has 3 N–H and O–H groups in total. The molecule has 1 aromatic heterocycles. The van der Waals surface area contributed by atoms with Crippen LogP contribution in [0.1, 0.15) is 39.0 Å². The number of carbonyl (C=O) groups is 1. The van der Waals surface area contributed by atoms with E-state index in [9.17, 15) is 32.7 Å². The summed E-state index contributed by atoms with van der Waals surface area (Å²) < 4.78 is 49.5. The number of H-pyrrole nitrogens is 1. The molecule has 1 aromatic rings. The first kappa shape index (κ1) is 26.8. The number of hydrogen-bond acceptors (Lipinski definition) is 6. The number of aromatic amines is 1. The van der Waals surface area contributed by atoms with Crippen molar-refractivity contribution in [3.05, 3.63) is 32.6 Å². The number of rotatable bonds is 5. The molecule has 2 heterocycles. The number of aliphatic hydroxyl groups excluding tert-OH is 1. The Labute approximate surface area is 189 Å². The molecular weight excluding hydrogens is 463 g/mol. The summed E-state index contributed by atoms with van der Waals surface area (Å²) in [7, 11) is -2.10. The molecule has 184 valence electrons. The van der Waals surface area contributed by atoms with Crippen LogP contribution in [0.4, 0.5) is 13.2 Å². The molecule has 1 fully saturated rings. The summed E-state index contributed by atoms with van der Waals surface area (Å²) >= 11 is 0. The predicted molar refractivity (Wildman–Crippen MR) is 115 cm³/mol. The van der Waals surface area contributed by atoms with E-state index in [2.05, 4.69) is 50.7 Å². The van der Waals surface area contributed by atoms with Gasteiger partial charge in [0.25, 0.3) is 5.56 Å². The topological polar surface area (TPSA) is 123 Å². The van der Waals surface area contributed by atoms with E-state index in [0.29, 0.717) is 0 Å². The maximum absolute atomic E-state index is 12.3. The highest BCUT2D eigenvalue weighted by atomic mass is 28.4. The molecule has 1 saturated heterocycles. The van der Waals surface area contributed by atoms with Crippen LogP contribution in [0.5, 0.6) is 0 Å². The van der Waals surface area contributed by atoms with Gasteiger partial charge in [-0.1, -0.05) is 32.6 Å². The molecule has 0 aromatic carbocycles. The largest absolute Gasteiger partial charge is 0.471 e. The third-order valence-electron chi connectivity index (χ3n) is 5.71. The van der Waals surface area contributed by atoms with Crippen molar-refractivity contribution in [3.8, 4) is 11.8 Å². The molecule has 1 unspecified atom stereocenters. The van der Waals surface area contributed by atoms with Gasteiger partial charge >= 0.3 is 17.8 Å². The molecular formula is C20H28F3N3O6Si. The Hall–Kier alpha value is -2.40. The second-order valence-corrected chi connectivity index (χ2v) is 14.0. The first-order valence-electron chi connectivity index (χ1n) is 10.2. The van der Waals surface area contributed by atoms with Gasteiger partial charge in [-0.05, 0) is 18.1 Å². The quantitative estimate of drug-likeness (QED) is 0.421. The number of aromatic nitrogens is 2. The number of nitrogens with zero attached hydrogens (tertiary/aromatic N) is 1. The first-order chi connectivity index (χ1) is 15.0. The molecule has 33 heavy (non-hydrogen) atoms. The molecule has 1 aliphatic rings. The SMILES string of the molecule is CC(C)(C)[Si](C)(C)OC[C@@H]1O[C@H](n2cc(C#CCNC(=O)C(F)(F)F)c(=O)[nH]c2=O)CC1O. The third kappa shape index (κ3) is 6.79. The van der Waals surface area contributed by atoms with Gasteiger partial charge in [0.2, 0.25) is 0 Å². The lowest BCUT2D eigenvalue weighted by Crippen LogP contribution is -2.44. The van der Waals surface area contributed by atoms with Gasteiger partial charge in [-0.2, -0.15) is 13.2 Å². The van der Waals surface area contributed by atoms with Crippen LogP contribution in [0, 0.1) is 11.8 Å². The number of alkyl halides is 3. The summed E-state index contributed by atoms with van der Waals surface area (Å²) in [6, 6.07) is 0. The van der Waals surface area contributed by atoms with E-state index >= 15 is 0 Å². The molecule has 0 spiro atoms. The third-order valence-corrected chi connectivity index (χ3v) is 10.2. The Kier molecular flexibility index (Phi) is 8.00. The lowest BCUT2D eigenvalue weighted by Gasteiger charge is -2.37. The summed E-state index contributed by atoms with van der Waals surface area (Å²) in [4.78, 5) is 37.1. The Morgan fingerprint density at radius 1 is 1.36 bits per heavy atom. The highest BCUT2D eigenvalue weighted by Gasteiger charge is 2.41. The first-order valence-corrected chi connectivity index (χ1v) is 13.1. The molecule has 1 aliphatic heterocycles. The van der Waals surface area contributed by atoms with Gasteiger partial charge in [0.05, 0.1) is 19.3 Å². The summed E-state index contributed by atoms with van der Waals surface area (Å²) in [5.74, 6) is 2.39. The van der Waals surface area contributed by atoms with Crippen LogP contribution in [0.3, 0.4) is 0 Å². The van der Waals surface area contributed by atoms with Gasteiger partial charge < -0.3 is 19.6 Å². The van der Waals surface area contributed by atoms with E-state index in [0.717, 1.165) is 10.8 Å². The number of nitrogens with one attached hydrogen (secondary N) is 2. The van der Waals surface area contributed by atoms with Crippen molar-refractivity contribution in [3.63, 3.8) is 0 Å². The van der Waals surface area contributed by atoms with E-state index in [1.54, 1.807) is 5.32 Å². The summed E-state index contributed by atoms with van der Waals surface area (Å²) in [5.41, 5.74) is -1.85. The minimum Gasteiger partial charge on any atom is -0.414 e. The highest BCUT2D eigenvalue weighted by molar-refractivity contribution is 6.74. The molecule has 0 bridgehead atoms. The average Bonchev–Trinajstić information content (AvgIpc) is 3.03. The van der Waals surface area contributed by atoms with Crippen molar-refractivity contribution in [2.24, 2.45) is 0 Å². The zero-order chi connectivity index (χ0) is 25.2. The van der Waals surface area contributed by atoms with Crippen LogP contribution in [0.25, 0.3) is 0 Å². The van der Waals surface area contributed by atoms with E-state index in [1.807, 2.05) is 0 Å². The number of carbonyl (C=O) groups excluding carboxylic acids is 1. The standard InChI is InChI=1S/C20H28F3N3O6Si/c1-19(2,3)33(4,5)31-11-14-13(27)9-15(32-14)26-10-12(16(28)25-18(26)30)7-6-8-24-17(29)20(21,22)23/h10,13-15,27H,8-9,11H2,1-5H3,(H,24,29)(H,25,28,30)/t13?,14-,15-/m0/s1. The van der Waals surface area contributed by atoms with Crippen molar-refractivity contribution in [2.45, 2.75) is 69.9 Å². The second-order valence-electron chi connectivity index (χ2n) is 9.20. The molecule has 0 aliphatic carbocycles. The molecule has 1 amide bonds. The van der Waals surface area contributed by atoms with Crippen LogP contribution in [0.15, 0.2) is 15.8 Å². The van der Waals surface area contributed by atoms with Crippen LogP contribution in [-0.4, -0.2) is 60.4 Å². The van der Waals surface area contributed by atoms with Crippen molar-refractivity contribution < 1.29 is 32.2 Å². The van der Waals surface area contributed by atoms with E-state index in [1.165, 1.54) is 0 Å². The van der Waals surface area contributed by atoms with Gasteiger partial charge in [0.1, 0.15) is 17.9 Å². The Morgan fingerprint density at radius 2 is 2.00 bits per heavy atom. The smallest absolute Gasteiger partial charge is 0.414 e. The fourth-order valence-electron chi connectivity index (χ4n) is 2.70. The second kappa shape index (κ2) is 9.84. The Morgan fingerprint density at radius 3 is 2.58 bits per heavy atom. The van der Waals surface area contributed by atoms with E-state index in [4.69, 9.17) is 9.16 Å². The van der Waals surface area contributed by atoms with Crippen molar-refractivity contribution in [1.29, 1.82) is 0 Å². The lowest BCUT2D eigenvalue weighted by molar-refractivity contribution is -0.173. The van der Waals surface area contributed by atoms with E-state index < -0.39 is 56.6 Å². The normalized spacial score (nSPS) is 21.4. The van der Waals surface area contributed by atoms with Crippen LogP contribution in [-0.2, 0) is 14.0 Å². The Bertz CT molecular complexity index is 1050. The van der Waals surface area contributed by atoms with Gasteiger partial charge in [0, 0.05) is 12.6 Å². The van der Waals surface area contributed by atoms with Gasteiger partial charge in [-0.25, -0.2) is 4.79 Å². The Balaban J connectivity index is 2.12. The average molecular weight is 492 g/mol. The number of aliphatic hydroxyl groups is 1. The maximum Gasteiger partial charge on any atom is 0.471 e. The zero-order valence-corrected chi connectivity index (χ0v) is 20.0. The minimum absolute atomic E-state index is 0.0427. The summed E-state index contributed by atoms with van der Waals surface area (Å²) in [6.07, 6.45) is -6.37. The van der Waals surface area contributed by atoms with Gasteiger partial charge in [-0.3, -0.25) is 19.1 Å². The molecule has 3 atom stereocenters. The van der Waals surface area contributed by atoms with Crippen LogP contribution >= 0.6 is 0 Å². The molecule has 2 rings (SSSR count). The summed E-state index contributed by atoms with van der Waals surface area (Å²) in [5, 5.41) is 11.9. The molecule has 0 radical (unpaired) electrons. The fourth-order valence-corrected chi connectivity index (χ4v) is 3.71. The predicted octanol–water partition coefficient (Wildman–Crippen LogP) is 1.24. The zero-order valence-electron chi connectivity index (χ0n) is 19.0.